The molecule has 0 aliphatic carbocycles. The minimum absolute atomic E-state index is 0.273. The predicted molar refractivity (Wildman–Crippen MR) is 109 cm³/mol. The van der Waals surface area contributed by atoms with Crippen LogP contribution in [0.5, 0.6) is 11.5 Å². The van der Waals surface area contributed by atoms with E-state index in [1.165, 1.54) is 17.2 Å². The van der Waals surface area contributed by atoms with Crippen molar-refractivity contribution in [3.05, 3.63) is 83.7 Å². The van der Waals surface area contributed by atoms with Gasteiger partial charge < -0.3 is 10.5 Å². The summed E-state index contributed by atoms with van der Waals surface area (Å²) in [5.74, 6) is -0.434. The number of ether oxygens (including phenoxy) is 1. The number of likely N-dealkylation sites (tertiary alicyclic amines) is 1. The van der Waals surface area contributed by atoms with Crippen LogP contribution in [0.2, 0.25) is 0 Å². The van der Waals surface area contributed by atoms with Crippen LogP contribution in [-0.4, -0.2) is 23.0 Å². The van der Waals surface area contributed by atoms with Gasteiger partial charge in [-0.2, -0.15) is 0 Å². The van der Waals surface area contributed by atoms with Crippen LogP contribution in [-0.2, 0) is 6.54 Å². The maximum atomic E-state index is 13.3. The molecule has 0 spiro atoms. The molecule has 29 heavy (non-hydrogen) atoms. The molecule has 4 rings (SSSR count). The molecule has 150 valence electrons. The molecule has 4 nitrogen and oxygen atoms in total. The summed E-state index contributed by atoms with van der Waals surface area (Å²) in [6.07, 6.45) is 5.77. The average molecular weight is 395 g/mol. The van der Waals surface area contributed by atoms with Gasteiger partial charge in [0.25, 0.3) is 0 Å². The Morgan fingerprint density at radius 1 is 0.931 bits per heavy atom. The van der Waals surface area contributed by atoms with Crippen molar-refractivity contribution in [2.75, 3.05) is 18.8 Å². The molecular weight excluding hydrogens is 372 g/mol. The third-order valence-corrected chi connectivity index (χ3v) is 5.30. The number of anilines is 1. The lowest BCUT2D eigenvalue weighted by molar-refractivity contribution is 0.204. The molecule has 2 aromatic carbocycles. The number of rotatable bonds is 5. The van der Waals surface area contributed by atoms with Crippen LogP contribution in [0, 0.1) is 11.6 Å². The van der Waals surface area contributed by atoms with E-state index in [4.69, 9.17) is 10.5 Å². The van der Waals surface area contributed by atoms with E-state index < -0.39 is 11.6 Å². The summed E-state index contributed by atoms with van der Waals surface area (Å²) in [6.45, 7) is 2.91. The molecule has 0 bridgehead atoms. The molecular formula is C23H23F2N3O. The predicted octanol–water partition coefficient (Wildman–Crippen LogP) is 5.11. The van der Waals surface area contributed by atoms with Gasteiger partial charge in [0.1, 0.15) is 11.5 Å². The van der Waals surface area contributed by atoms with Crippen LogP contribution in [0.1, 0.15) is 29.9 Å². The van der Waals surface area contributed by atoms with Crippen molar-refractivity contribution < 1.29 is 13.5 Å². The molecule has 1 aromatic heterocycles. The highest BCUT2D eigenvalue weighted by Gasteiger charge is 2.21. The average Bonchev–Trinajstić information content (AvgIpc) is 2.73. The number of pyridine rings is 1. The minimum atomic E-state index is -0.920. The van der Waals surface area contributed by atoms with Gasteiger partial charge in [0.2, 0.25) is 0 Å². The Bertz CT molecular complexity index is 970. The van der Waals surface area contributed by atoms with Gasteiger partial charge in [-0.15, -0.1) is 0 Å². The number of nitrogen functional groups attached to an aromatic ring is 1. The largest absolute Gasteiger partial charge is 0.457 e. The van der Waals surface area contributed by atoms with Gasteiger partial charge in [0, 0.05) is 25.0 Å². The molecule has 0 saturated carbocycles. The van der Waals surface area contributed by atoms with E-state index in [2.05, 4.69) is 9.88 Å². The Morgan fingerprint density at radius 3 is 2.34 bits per heavy atom. The van der Waals surface area contributed by atoms with Crippen molar-refractivity contribution in [2.24, 2.45) is 0 Å². The van der Waals surface area contributed by atoms with E-state index in [1.54, 1.807) is 6.20 Å². The van der Waals surface area contributed by atoms with Crippen LogP contribution >= 0.6 is 0 Å². The van der Waals surface area contributed by atoms with E-state index in [0.29, 0.717) is 11.7 Å². The maximum Gasteiger partial charge on any atom is 0.162 e. The maximum absolute atomic E-state index is 13.3. The van der Waals surface area contributed by atoms with Crippen molar-refractivity contribution in [1.29, 1.82) is 0 Å². The Morgan fingerprint density at radius 2 is 1.66 bits per heavy atom. The summed E-state index contributed by atoms with van der Waals surface area (Å²) in [5, 5.41) is 0. The number of benzene rings is 2. The van der Waals surface area contributed by atoms with Crippen molar-refractivity contribution >= 4 is 5.69 Å². The van der Waals surface area contributed by atoms with Gasteiger partial charge >= 0.3 is 0 Å². The number of piperidine rings is 1. The lowest BCUT2D eigenvalue weighted by atomic mass is 9.90. The molecule has 3 aromatic rings. The number of nitrogens with zero attached hydrogens (tertiary/aromatic N) is 2. The van der Waals surface area contributed by atoms with E-state index in [0.717, 1.165) is 50.3 Å². The van der Waals surface area contributed by atoms with E-state index in [9.17, 15) is 8.78 Å². The fourth-order valence-electron chi connectivity index (χ4n) is 3.72. The molecule has 1 aliphatic rings. The van der Waals surface area contributed by atoms with Crippen molar-refractivity contribution in [3.63, 3.8) is 0 Å². The number of hydrogen-bond donors (Lipinski definition) is 1. The van der Waals surface area contributed by atoms with Crippen LogP contribution in [0.15, 0.2) is 60.9 Å². The van der Waals surface area contributed by atoms with Crippen LogP contribution in [0.3, 0.4) is 0 Å². The number of hydrogen-bond acceptors (Lipinski definition) is 4. The Labute approximate surface area is 168 Å². The lowest BCUT2D eigenvalue weighted by Gasteiger charge is -2.32. The van der Waals surface area contributed by atoms with Crippen LogP contribution in [0.25, 0.3) is 0 Å². The standard InChI is InChI=1S/C23H23F2N3O/c24-22-6-5-21(12-23(22)25)29-20-3-1-16(2-4-20)15-28-9-7-17(8-10-28)18-11-19(26)14-27-13-18/h1-6,11-14,17H,7-10,15,26H2. The normalized spacial score (nSPS) is 15.4. The second kappa shape index (κ2) is 8.57. The highest BCUT2D eigenvalue weighted by atomic mass is 19.2. The SMILES string of the molecule is Nc1cncc(C2CCN(Cc3ccc(Oc4ccc(F)c(F)c4)cc3)CC2)c1. The first kappa shape index (κ1) is 19.3. The molecule has 6 heteroatoms. The van der Waals surface area contributed by atoms with Gasteiger partial charge in [0.15, 0.2) is 11.6 Å². The zero-order valence-electron chi connectivity index (χ0n) is 16.0. The van der Waals surface area contributed by atoms with Gasteiger partial charge in [-0.25, -0.2) is 8.78 Å². The lowest BCUT2D eigenvalue weighted by Crippen LogP contribution is -2.32. The fraction of sp³-hybridized carbons (Fsp3) is 0.261. The molecule has 0 radical (unpaired) electrons. The van der Waals surface area contributed by atoms with E-state index in [-0.39, 0.29) is 5.75 Å². The molecule has 1 fully saturated rings. The van der Waals surface area contributed by atoms with E-state index >= 15 is 0 Å². The van der Waals surface area contributed by atoms with E-state index in [1.807, 2.05) is 36.5 Å². The third kappa shape index (κ3) is 4.90. The second-order valence-electron chi connectivity index (χ2n) is 7.42. The van der Waals surface area contributed by atoms with Gasteiger partial charge in [-0.05, 0) is 73.3 Å². The zero-order valence-corrected chi connectivity index (χ0v) is 16.0. The molecule has 0 unspecified atom stereocenters. The molecule has 1 saturated heterocycles. The van der Waals surface area contributed by atoms with Gasteiger partial charge in [-0.1, -0.05) is 12.1 Å². The smallest absolute Gasteiger partial charge is 0.162 e. The van der Waals surface area contributed by atoms with Gasteiger partial charge in [0.05, 0.1) is 5.69 Å². The number of halogens is 2. The van der Waals surface area contributed by atoms with Crippen LogP contribution < -0.4 is 10.5 Å². The molecule has 2 heterocycles. The van der Waals surface area contributed by atoms with Crippen LogP contribution in [0.4, 0.5) is 14.5 Å². The summed E-state index contributed by atoms with van der Waals surface area (Å²) in [5.41, 5.74) is 8.98. The van der Waals surface area contributed by atoms with Crippen molar-refractivity contribution in [3.8, 4) is 11.5 Å². The minimum Gasteiger partial charge on any atom is -0.457 e. The zero-order chi connectivity index (χ0) is 20.2. The summed E-state index contributed by atoms with van der Waals surface area (Å²) < 4.78 is 31.9. The summed E-state index contributed by atoms with van der Waals surface area (Å²) in [7, 11) is 0. The van der Waals surface area contributed by atoms with Crippen molar-refractivity contribution in [2.45, 2.75) is 25.3 Å². The highest BCUT2D eigenvalue weighted by Crippen LogP contribution is 2.29. The molecule has 2 N–H and O–H groups in total. The Balaban J connectivity index is 1.31. The fourth-order valence-corrected chi connectivity index (χ4v) is 3.72. The number of aromatic nitrogens is 1. The highest BCUT2D eigenvalue weighted by molar-refractivity contribution is 5.38. The molecule has 0 amide bonds. The molecule has 0 atom stereocenters. The first-order valence-electron chi connectivity index (χ1n) is 9.71. The topological polar surface area (TPSA) is 51.4 Å². The van der Waals surface area contributed by atoms with Crippen molar-refractivity contribution in [1.82, 2.24) is 9.88 Å². The number of nitrogens with two attached hydrogens (primary N) is 1. The van der Waals surface area contributed by atoms with Gasteiger partial charge in [-0.3, -0.25) is 9.88 Å². The first-order chi connectivity index (χ1) is 14.1. The Hall–Kier alpha value is -2.99. The first-order valence-corrected chi connectivity index (χ1v) is 9.71. The monoisotopic (exact) mass is 395 g/mol. The molecule has 1 aliphatic heterocycles. The summed E-state index contributed by atoms with van der Waals surface area (Å²) in [6, 6.07) is 13.2. The quantitative estimate of drug-likeness (QED) is 0.652. The third-order valence-electron chi connectivity index (χ3n) is 5.30. The Kier molecular flexibility index (Phi) is 5.71. The summed E-state index contributed by atoms with van der Waals surface area (Å²) >= 11 is 0. The summed E-state index contributed by atoms with van der Waals surface area (Å²) in [4.78, 5) is 6.64. The second-order valence-corrected chi connectivity index (χ2v) is 7.42.